The van der Waals surface area contributed by atoms with Crippen LogP contribution in [0.25, 0.3) is 0 Å². The molecule has 0 aliphatic rings. The summed E-state index contributed by atoms with van der Waals surface area (Å²) in [5.41, 5.74) is 7.08. The lowest BCUT2D eigenvalue weighted by molar-refractivity contribution is 0.102. The third-order valence-corrected chi connectivity index (χ3v) is 2.96. The summed E-state index contributed by atoms with van der Waals surface area (Å²) < 4.78 is 5.16. The molecule has 4 nitrogen and oxygen atoms in total. The van der Waals surface area contributed by atoms with Gasteiger partial charge in [-0.25, -0.2) is 0 Å². The summed E-state index contributed by atoms with van der Waals surface area (Å²) in [6.07, 6.45) is 0. The number of ether oxygens (including phenoxy) is 1. The fourth-order valence-electron chi connectivity index (χ4n) is 1.63. The van der Waals surface area contributed by atoms with Gasteiger partial charge in [-0.05, 0) is 30.3 Å². The summed E-state index contributed by atoms with van der Waals surface area (Å²) in [5.74, 6) is 0.325. The third-order valence-electron chi connectivity index (χ3n) is 2.61. The molecule has 5 heteroatoms. The van der Waals surface area contributed by atoms with Gasteiger partial charge in [-0.2, -0.15) is 0 Å². The van der Waals surface area contributed by atoms with Crippen molar-refractivity contribution in [2.45, 2.75) is 0 Å². The van der Waals surface area contributed by atoms with Gasteiger partial charge < -0.3 is 15.8 Å². The molecule has 3 N–H and O–H groups in total. The van der Waals surface area contributed by atoms with Crippen LogP contribution in [-0.2, 0) is 0 Å². The summed E-state index contributed by atoms with van der Waals surface area (Å²) >= 11 is 5.82. The zero-order chi connectivity index (χ0) is 13.8. The smallest absolute Gasteiger partial charge is 0.255 e. The molecule has 0 aliphatic heterocycles. The standard InChI is InChI=1S/C14H13ClN2O2/c1-19-13-5-3-2-4-12(13)17-14(18)9-6-7-10(15)11(16)8-9/h2-8H,16H2,1H3,(H,17,18). The van der Waals surface area contributed by atoms with E-state index in [2.05, 4.69) is 5.32 Å². The van der Waals surface area contributed by atoms with E-state index in [9.17, 15) is 4.79 Å². The zero-order valence-corrected chi connectivity index (χ0v) is 11.1. The highest BCUT2D eigenvalue weighted by Crippen LogP contribution is 2.25. The number of halogens is 1. The van der Waals surface area contributed by atoms with Gasteiger partial charge in [0.25, 0.3) is 5.91 Å². The highest BCUT2D eigenvalue weighted by Gasteiger charge is 2.10. The van der Waals surface area contributed by atoms with Crippen molar-refractivity contribution < 1.29 is 9.53 Å². The number of rotatable bonds is 3. The highest BCUT2D eigenvalue weighted by atomic mass is 35.5. The van der Waals surface area contributed by atoms with E-state index < -0.39 is 0 Å². The number of nitrogens with two attached hydrogens (primary N) is 1. The van der Waals surface area contributed by atoms with E-state index in [4.69, 9.17) is 22.1 Å². The molecule has 2 rings (SSSR count). The van der Waals surface area contributed by atoms with Crippen LogP contribution < -0.4 is 15.8 Å². The maximum atomic E-state index is 12.1. The number of hydrogen-bond donors (Lipinski definition) is 2. The second-order valence-corrected chi connectivity index (χ2v) is 4.30. The van der Waals surface area contributed by atoms with Crippen molar-refractivity contribution in [2.24, 2.45) is 0 Å². The quantitative estimate of drug-likeness (QED) is 0.846. The fourth-order valence-corrected chi connectivity index (χ4v) is 1.74. The number of carbonyl (C=O) groups excluding carboxylic acids is 1. The topological polar surface area (TPSA) is 64.3 Å². The van der Waals surface area contributed by atoms with Gasteiger partial charge in [-0.15, -0.1) is 0 Å². The number of amides is 1. The van der Waals surface area contributed by atoms with Gasteiger partial charge in [0.2, 0.25) is 0 Å². The molecule has 0 unspecified atom stereocenters. The summed E-state index contributed by atoms with van der Waals surface area (Å²) in [6.45, 7) is 0. The molecule has 19 heavy (non-hydrogen) atoms. The Morgan fingerprint density at radius 3 is 2.68 bits per heavy atom. The van der Waals surface area contributed by atoms with Crippen LogP contribution in [0.5, 0.6) is 5.75 Å². The SMILES string of the molecule is COc1ccccc1NC(=O)c1ccc(Cl)c(N)c1. The maximum absolute atomic E-state index is 12.1. The predicted molar refractivity (Wildman–Crippen MR) is 76.8 cm³/mol. The van der Waals surface area contributed by atoms with Crippen LogP contribution in [0.2, 0.25) is 5.02 Å². The van der Waals surface area contributed by atoms with Crippen LogP contribution >= 0.6 is 11.6 Å². The molecular weight excluding hydrogens is 264 g/mol. The van der Waals surface area contributed by atoms with Crippen molar-refractivity contribution in [3.8, 4) is 5.75 Å². The van der Waals surface area contributed by atoms with E-state index in [1.54, 1.807) is 31.4 Å². The fraction of sp³-hybridized carbons (Fsp3) is 0.0714. The molecule has 0 saturated carbocycles. The minimum absolute atomic E-state index is 0.270. The highest BCUT2D eigenvalue weighted by molar-refractivity contribution is 6.33. The van der Waals surface area contributed by atoms with E-state index in [1.165, 1.54) is 6.07 Å². The normalized spacial score (nSPS) is 10.0. The summed E-state index contributed by atoms with van der Waals surface area (Å²) in [4.78, 5) is 12.1. The van der Waals surface area contributed by atoms with E-state index in [0.717, 1.165) is 0 Å². The number of benzene rings is 2. The van der Waals surface area contributed by atoms with E-state index in [0.29, 0.717) is 27.7 Å². The molecule has 2 aromatic carbocycles. The molecular formula is C14H13ClN2O2. The lowest BCUT2D eigenvalue weighted by Gasteiger charge is -2.10. The van der Waals surface area contributed by atoms with Crippen LogP contribution in [0.3, 0.4) is 0 Å². The van der Waals surface area contributed by atoms with Gasteiger partial charge in [0.05, 0.1) is 23.5 Å². The maximum Gasteiger partial charge on any atom is 0.255 e. The molecule has 1 amide bonds. The van der Waals surface area contributed by atoms with Gasteiger partial charge >= 0.3 is 0 Å². The van der Waals surface area contributed by atoms with Crippen molar-refractivity contribution in [1.82, 2.24) is 0 Å². The summed E-state index contributed by atoms with van der Waals surface area (Å²) in [7, 11) is 1.55. The molecule has 0 radical (unpaired) electrons. The monoisotopic (exact) mass is 276 g/mol. The molecule has 0 aliphatic carbocycles. The molecule has 0 atom stereocenters. The van der Waals surface area contributed by atoms with Crippen molar-refractivity contribution >= 4 is 28.9 Å². The summed E-state index contributed by atoms with van der Waals surface area (Å²) in [6, 6.07) is 11.9. The van der Waals surface area contributed by atoms with E-state index in [1.807, 2.05) is 12.1 Å². The number of nitrogens with one attached hydrogen (secondary N) is 1. The van der Waals surface area contributed by atoms with Gasteiger partial charge in [0.1, 0.15) is 5.75 Å². The predicted octanol–water partition coefficient (Wildman–Crippen LogP) is 3.18. The Hall–Kier alpha value is -2.20. The third kappa shape index (κ3) is 2.98. The van der Waals surface area contributed by atoms with E-state index >= 15 is 0 Å². The minimum Gasteiger partial charge on any atom is -0.495 e. The first-order chi connectivity index (χ1) is 9.11. The Kier molecular flexibility index (Phi) is 3.92. The lowest BCUT2D eigenvalue weighted by Crippen LogP contribution is -2.12. The number of nitrogen functional groups attached to an aromatic ring is 1. The van der Waals surface area contributed by atoms with Crippen molar-refractivity contribution in [3.05, 3.63) is 53.1 Å². The van der Waals surface area contributed by atoms with Crippen LogP contribution in [0.1, 0.15) is 10.4 Å². The van der Waals surface area contributed by atoms with Gasteiger partial charge in [0, 0.05) is 5.56 Å². The number of carbonyl (C=O) groups is 1. The number of para-hydroxylation sites is 2. The first-order valence-corrected chi connectivity index (χ1v) is 5.99. The summed E-state index contributed by atoms with van der Waals surface area (Å²) in [5, 5.41) is 3.19. The minimum atomic E-state index is -0.270. The van der Waals surface area contributed by atoms with Crippen LogP contribution in [0.4, 0.5) is 11.4 Å². The van der Waals surface area contributed by atoms with Crippen LogP contribution in [0, 0.1) is 0 Å². The molecule has 0 heterocycles. The van der Waals surface area contributed by atoms with Gasteiger partial charge in [-0.3, -0.25) is 4.79 Å². The first-order valence-electron chi connectivity index (χ1n) is 5.61. The molecule has 0 bridgehead atoms. The Balaban J connectivity index is 2.23. The van der Waals surface area contributed by atoms with Gasteiger partial charge in [0.15, 0.2) is 0 Å². The average Bonchev–Trinajstić information content (AvgIpc) is 2.42. The molecule has 0 saturated heterocycles. The Bertz CT molecular complexity index is 614. The van der Waals surface area contributed by atoms with Crippen molar-refractivity contribution in [2.75, 3.05) is 18.2 Å². The van der Waals surface area contributed by atoms with Crippen LogP contribution in [-0.4, -0.2) is 13.0 Å². The van der Waals surface area contributed by atoms with Crippen molar-refractivity contribution in [1.29, 1.82) is 0 Å². The second-order valence-electron chi connectivity index (χ2n) is 3.89. The molecule has 0 spiro atoms. The largest absolute Gasteiger partial charge is 0.495 e. The molecule has 0 aromatic heterocycles. The lowest BCUT2D eigenvalue weighted by atomic mass is 10.2. The second kappa shape index (κ2) is 5.63. The Morgan fingerprint density at radius 1 is 1.26 bits per heavy atom. The molecule has 98 valence electrons. The van der Waals surface area contributed by atoms with E-state index in [-0.39, 0.29) is 5.91 Å². The van der Waals surface area contributed by atoms with Crippen LogP contribution in [0.15, 0.2) is 42.5 Å². The van der Waals surface area contributed by atoms with Crippen molar-refractivity contribution in [3.63, 3.8) is 0 Å². The Labute approximate surface area is 116 Å². The Morgan fingerprint density at radius 2 is 2.00 bits per heavy atom. The number of methoxy groups -OCH3 is 1. The number of hydrogen-bond acceptors (Lipinski definition) is 3. The zero-order valence-electron chi connectivity index (χ0n) is 10.3. The average molecular weight is 277 g/mol. The molecule has 2 aromatic rings. The molecule has 0 fully saturated rings. The van der Waals surface area contributed by atoms with Gasteiger partial charge in [-0.1, -0.05) is 23.7 Å². The first kappa shape index (κ1) is 13.2. The number of anilines is 2.